The maximum atomic E-state index is 11.9. The Hall–Kier alpha value is -2.93. The van der Waals surface area contributed by atoms with Gasteiger partial charge in [-0.3, -0.25) is 14.9 Å². The number of aryl methyl sites for hydroxylation is 1. The van der Waals surface area contributed by atoms with E-state index in [9.17, 15) is 14.9 Å². The standard InChI is InChI=1S/C17H13ClN4O3/c18-10-2-3-11-9(5-10)1-4-13(11)21-15-7-14-12(6-16(15)22(24)25)17(23)20-8-19-14/h2-3,5-8,13,21H,1,4H2,(H,19,20,23)/t13-/m0/s1. The molecule has 2 aromatic carbocycles. The van der Waals surface area contributed by atoms with Gasteiger partial charge in [0, 0.05) is 11.1 Å². The molecule has 0 radical (unpaired) electrons. The first-order valence-electron chi connectivity index (χ1n) is 7.73. The predicted molar refractivity (Wildman–Crippen MR) is 95.2 cm³/mol. The minimum absolute atomic E-state index is 0.0505. The van der Waals surface area contributed by atoms with Crippen LogP contribution in [-0.4, -0.2) is 14.9 Å². The monoisotopic (exact) mass is 356 g/mol. The zero-order chi connectivity index (χ0) is 17.6. The van der Waals surface area contributed by atoms with Crippen molar-refractivity contribution < 1.29 is 4.92 Å². The van der Waals surface area contributed by atoms with Gasteiger partial charge in [0.25, 0.3) is 11.2 Å². The molecule has 25 heavy (non-hydrogen) atoms. The van der Waals surface area contributed by atoms with E-state index >= 15 is 0 Å². The molecule has 0 saturated carbocycles. The molecule has 0 saturated heterocycles. The van der Waals surface area contributed by atoms with Crippen molar-refractivity contribution in [1.29, 1.82) is 0 Å². The molecular weight excluding hydrogens is 344 g/mol. The number of hydrogen-bond donors (Lipinski definition) is 2. The predicted octanol–water partition coefficient (Wildman–Crippen LogP) is 3.58. The number of hydrogen-bond acceptors (Lipinski definition) is 5. The fourth-order valence-electron chi connectivity index (χ4n) is 3.29. The molecule has 7 nitrogen and oxygen atoms in total. The Labute approximate surface area is 146 Å². The Kier molecular flexibility index (Phi) is 3.65. The van der Waals surface area contributed by atoms with Crippen LogP contribution < -0.4 is 10.9 Å². The Bertz CT molecular complexity index is 1060. The number of halogens is 1. The molecule has 1 aromatic heterocycles. The summed E-state index contributed by atoms with van der Waals surface area (Å²) in [5.41, 5.74) is 2.43. The SMILES string of the molecule is O=c1[nH]cnc2cc(N[C@H]3CCc4cc(Cl)ccc43)c([N+](=O)[O-])cc12. The van der Waals surface area contributed by atoms with Gasteiger partial charge in [0.2, 0.25) is 0 Å². The van der Waals surface area contributed by atoms with E-state index in [-0.39, 0.29) is 17.1 Å². The van der Waals surface area contributed by atoms with Crippen molar-refractivity contribution in [2.45, 2.75) is 18.9 Å². The average molecular weight is 357 g/mol. The van der Waals surface area contributed by atoms with Crippen LogP contribution in [0.3, 0.4) is 0 Å². The number of nitro benzene ring substituents is 1. The van der Waals surface area contributed by atoms with Crippen LogP contribution in [0.4, 0.5) is 11.4 Å². The number of aromatic amines is 1. The summed E-state index contributed by atoms with van der Waals surface area (Å²) in [6, 6.07) is 8.45. The second kappa shape index (κ2) is 5.86. The molecule has 1 heterocycles. The largest absolute Gasteiger partial charge is 0.373 e. The second-order valence-corrected chi connectivity index (χ2v) is 6.39. The summed E-state index contributed by atoms with van der Waals surface area (Å²) in [6.07, 6.45) is 2.95. The zero-order valence-electron chi connectivity index (χ0n) is 13.0. The fraction of sp³-hybridized carbons (Fsp3) is 0.176. The highest BCUT2D eigenvalue weighted by atomic mass is 35.5. The molecule has 126 valence electrons. The van der Waals surface area contributed by atoms with Crippen LogP contribution in [-0.2, 0) is 6.42 Å². The van der Waals surface area contributed by atoms with Gasteiger partial charge in [-0.1, -0.05) is 17.7 Å². The van der Waals surface area contributed by atoms with E-state index in [2.05, 4.69) is 15.3 Å². The van der Waals surface area contributed by atoms with Gasteiger partial charge in [-0.25, -0.2) is 4.98 Å². The van der Waals surface area contributed by atoms with Crippen LogP contribution in [0.2, 0.25) is 5.02 Å². The molecule has 4 rings (SSSR count). The van der Waals surface area contributed by atoms with E-state index in [1.165, 1.54) is 12.4 Å². The lowest BCUT2D eigenvalue weighted by atomic mass is 10.1. The van der Waals surface area contributed by atoms with E-state index < -0.39 is 10.5 Å². The molecule has 1 aliphatic rings. The highest BCUT2D eigenvalue weighted by molar-refractivity contribution is 6.30. The molecule has 1 aliphatic carbocycles. The molecule has 0 aliphatic heterocycles. The van der Waals surface area contributed by atoms with Crippen molar-refractivity contribution in [3.8, 4) is 0 Å². The van der Waals surface area contributed by atoms with Gasteiger partial charge in [-0.15, -0.1) is 0 Å². The number of nitro groups is 1. The molecule has 1 atom stereocenters. The molecule has 0 amide bonds. The van der Waals surface area contributed by atoms with Crippen molar-refractivity contribution in [3.05, 3.63) is 73.3 Å². The Morgan fingerprint density at radius 1 is 1.32 bits per heavy atom. The van der Waals surface area contributed by atoms with Crippen LogP contribution in [0.1, 0.15) is 23.6 Å². The second-order valence-electron chi connectivity index (χ2n) is 5.95. The molecule has 0 fully saturated rings. The number of fused-ring (bicyclic) bond motifs is 2. The van der Waals surface area contributed by atoms with E-state index in [0.29, 0.717) is 16.2 Å². The van der Waals surface area contributed by atoms with Crippen LogP contribution in [0.15, 0.2) is 41.5 Å². The number of nitrogens with zero attached hydrogens (tertiary/aromatic N) is 2. The van der Waals surface area contributed by atoms with Gasteiger partial charge in [0.1, 0.15) is 5.69 Å². The lowest BCUT2D eigenvalue weighted by Crippen LogP contribution is -2.11. The third-order valence-electron chi connectivity index (χ3n) is 4.47. The summed E-state index contributed by atoms with van der Waals surface area (Å²) in [7, 11) is 0. The zero-order valence-corrected chi connectivity index (χ0v) is 13.7. The van der Waals surface area contributed by atoms with Crippen LogP contribution in [0, 0.1) is 10.1 Å². The van der Waals surface area contributed by atoms with E-state index in [1.54, 1.807) is 6.07 Å². The van der Waals surface area contributed by atoms with Crippen molar-refractivity contribution in [3.63, 3.8) is 0 Å². The summed E-state index contributed by atoms with van der Waals surface area (Å²) < 4.78 is 0. The maximum Gasteiger partial charge on any atom is 0.293 e. The summed E-state index contributed by atoms with van der Waals surface area (Å²) in [5.74, 6) is 0. The number of anilines is 1. The van der Waals surface area contributed by atoms with Crippen LogP contribution >= 0.6 is 11.6 Å². The minimum Gasteiger partial charge on any atom is -0.373 e. The summed E-state index contributed by atoms with van der Waals surface area (Å²) in [6.45, 7) is 0. The summed E-state index contributed by atoms with van der Waals surface area (Å²) in [5, 5.41) is 15.6. The highest BCUT2D eigenvalue weighted by Crippen LogP contribution is 2.38. The first kappa shape index (κ1) is 15.6. The van der Waals surface area contributed by atoms with Gasteiger partial charge in [0.15, 0.2) is 0 Å². The Balaban J connectivity index is 1.79. The van der Waals surface area contributed by atoms with Gasteiger partial charge < -0.3 is 10.3 Å². The maximum absolute atomic E-state index is 11.9. The first-order valence-corrected chi connectivity index (χ1v) is 8.11. The van der Waals surface area contributed by atoms with Gasteiger partial charge >= 0.3 is 0 Å². The lowest BCUT2D eigenvalue weighted by Gasteiger charge is -2.16. The number of nitrogens with one attached hydrogen (secondary N) is 2. The lowest BCUT2D eigenvalue weighted by molar-refractivity contribution is -0.383. The van der Waals surface area contributed by atoms with E-state index in [4.69, 9.17) is 11.6 Å². The van der Waals surface area contributed by atoms with Crippen molar-refractivity contribution >= 4 is 33.9 Å². The molecule has 0 bridgehead atoms. The average Bonchev–Trinajstić information content (AvgIpc) is 2.96. The molecular formula is C17H13ClN4O3. The molecule has 8 heteroatoms. The molecule has 0 spiro atoms. The smallest absolute Gasteiger partial charge is 0.293 e. The fourth-order valence-corrected chi connectivity index (χ4v) is 3.49. The Morgan fingerprint density at radius 3 is 2.96 bits per heavy atom. The molecule has 2 N–H and O–H groups in total. The van der Waals surface area contributed by atoms with Crippen molar-refractivity contribution in [2.75, 3.05) is 5.32 Å². The minimum atomic E-state index is -0.494. The van der Waals surface area contributed by atoms with Gasteiger partial charge in [0.05, 0.1) is 28.2 Å². The topological polar surface area (TPSA) is 101 Å². The number of H-pyrrole nitrogens is 1. The normalized spacial score (nSPS) is 16.0. The quantitative estimate of drug-likeness (QED) is 0.551. The highest BCUT2D eigenvalue weighted by Gasteiger charge is 2.26. The molecule has 3 aromatic rings. The number of benzene rings is 2. The Morgan fingerprint density at radius 2 is 2.16 bits per heavy atom. The first-order chi connectivity index (χ1) is 12.0. The van der Waals surface area contributed by atoms with Crippen molar-refractivity contribution in [2.24, 2.45) is 0 Å². The van der Waals surface area contributed by atoms with E-state index in [1.807, 2.05) is 18.2 Å². The van der Waals surface area contributed by atoms with Crippen LogP contribution in [0.5, 0.6) is 0 Å². The van der Waals surface area contributed by atoms with E-state index in [0.717, 1.165) is 24.0 Å². The number of rotatable bonds is 3. The van der Waals surface area contributed by atoms with Gasteiger partial charge in [-0.05, 0) is 42.2 Å². The summed E-state index contributed by atoms with van der Waals surface area (Å²) in [4.78, 5) is 29.3. The van der Waals surface area contributed by atoms with Crippen LogP contribution in [0.25, 0.3) is 10.9 Å². The molecule has 0 unspecified atom stereocenters. The summed E-state index contributed by atoms with van der Waals surface area (Å²) >= 11 is 6.03. The number of aromatic nitrogens is 2. The van der Waals surface area contributed by atoms with Gasteiger partial charge in [-0.2, -0.15) is 0 Å². The third kappa shape index (κ3) is 2.72. The third-order valence-corrected chi connectivity index (χ3v) is 4.70. The van der Waals surface area contributed by atoms with Crippen molar-refractivity contribution in [1.82, 2.24) is 9.97 Å².